The number of hydrogen-bond acceptors (Lipinski definition) is 7. The zero-order valence-electron chi connectivity index (χ0n) is 45.1. The Balaban J connectivity index is 0.784. The Kier molecular flexibility index (Phi) is 12.3. The minimum atomic E-state index is 0.0453. The summed E-state index contributed by atoms with van der Waals surface area (Å²) in [6.07, 6.45) is 0. The summed E-state index contributed by atoms with van der Waals surface area (Å²) in [5.74, 6) is 3.56. The number of nitrogens with zero attached hydrogens (tertiary/aromatic N) is 8. The van der Waals surface area contributed by atoms with Crippen LogP contribution in [-0.2, 0) is 0 Å². The van der Waals surface area contributed by atoms with Crippen molar-refractivity contribution in [3.63, 3.8) is 0 Å². The van der Waals surface area contributed by atoms with E-state index in [9.17, 15) is 5.26 Å². The summed E-state index contributed by atoms with van der Waals surface area (Å²) in [7, 11) is 0. The predicted octanol–water partition coefficient (Wildman–Crippen LogP) is 18.1. The first-order chi connectivity index (χ1) is 41.5. The maximum Gasteiger partial charge on any atom is 0.187 e. The molecule has 0 N–H and O–H groups in total. The van der Waals surface area contributed by atoms with Crippen LogP contribution in [0.25, 0.3) is 118 Å². The summed E-state index contributed by atoms with van der Waals surface area (Å²) in [5, 5.41) is 9.52. The van der Waals surface area contributed by atoms with Gasteiger partial charge in [0.15, 0.2) is 40.6 Å². The van der Waals surface area contributed by atoms with Crippen LogP contribution < -0.4 is 0 Å². The lowest BCUT2D eigenvalue weighted by molar-refractivity contribution is 0.755. The monoisotopic (exact) mass is 1070 g/mol. The van der Waals surface area contributed by atoms with E-state index in [2.05, 4.69) is 138 Å². The normalized spacial score (nSPS) is 13.5. The van der Waals surface area contributed by atoms with Crippen LogP contribution in [0.15, 0.2) is 267 Å². The largest absolute Gasteiger partial charge is 0.238 e. The highest BCUT2D eigenvalue weighted by Gasteiger charge is 2.41. The van der Waals surface area contributed by atoms with Gasteiger partial charge in [-0.2, -0.15) is 5.26 Å². The highest BCUT2D eigenvalue weighted by atomic mass is 15.0. The van der Waals surface area contributed by atoms with Gasteiger partial charge in [0.25, 0.3) is 0 Å². The maximum absolute atomic E-state index is 9.52. The van der Waals surface area contributed by atoms with E-state index in [4.69, 9.17) is 36.5 Å². The van der Waals surface area contributed by atoms with Gasteiger partial charge in [-0.15, -0.1) is 0 Å². The summed E-state index contributed by atoms with van der Waals surface area (Å²) in [6, 6.07) is 94.0. The highest BCUT2D eigenvalue weighted by molar-refractivity contribution is 5.85. The minimum Gasteiger partial charge on any atom is -0.238 e. The van der Waals surface area contributed by atoms with E-state index in [1.807, 2.05) is 140 Å². The van der Waals surface area contributed by atoms with Gasteiger partial charge in [-0.3, -0.25) is 0 Å². The van der Waals surface area contributed by atoms with Gasteiger partial charge in [0.05, 0.1) is 18.2 Å². The van der Waals surface area contributed by atoms with Crippen LogP contribution in [0.1, 0.15) is 50.8 Å². The Labute approximate surface area is 486 Å². The van der Waals surface area contributed by atoms with Crippen LogP contribution in [0.4, 0.5) is 5.69 Å². The van der Waals surface area contributed by atoms with E-state index < -0.39 is 0 Å². The Morgan fingerprint density at radius 3 is 1.05 bits per heavy atom. The first-order valence-corrected chi connectivity index (χ1v) is 27.9. The van der Waals surface area contributed by atoms with E-state index in [-0.39, 0.29) is 11.8 Å². The number of aromatic nitrogens is 6. The molecule has 390 valence electrons. The molecule has 0 fully saturated rings. The van der Waals surface area contributed by atoms with Crippen molar-refractivity contribution in [2.24, 2.45) is 0 Å². The molecule has 0 amide bonds. The SMILES string of the molecule is [C-]#[N+]c1ccc(-c2ccccc2-c2nc(-c3ccccc3)nc(-c3cccc(-c4ccc5c(c4)C4c6ccccc6C5c5cc(-c6cccc(-c7nc(-c8ccccc8)nc(-c8ccccc8-c8ccc(C#N)cc8)n7)c6)ccc54)c3)n2)cc1. The van der Waals surface area contributed by atoms with Crippen molar-refractivity contribution in [2.45, 2.75) is 11.8 Å². The molecule has 8 nitrogen and oxygen atoms in total. The van der Waals surface area contributed by atoms with Gasteiger partial charge < -0.3 is 0 Å². The van der Waals surface area contributed by atoms with Gasteiger partial charge >= 0.3 is 0 Å². The van der Waals surface area contributed by atoms with Crippen molar-refractivity contribution in [2.75, 3.05) is 0 Å². The van der Waals surface area contributed by atoms with E-state index in [0.29, 0.717) is 46.2 Å². The summed E-state index contributed by atoms with van der Waals surface area (Å²) < 4.78 is 0. The number of nitriles is 1. The molecule has 0 aliphatic heterocycles. The molecule has 0 saturated heterocycles. The maximum atomic E-state index is 9.52. The smallest absolute Gasteiger partial charge is 0.187 e. The standard InChI is InChI=1S/C76H46N8/c1-78-58-38-34-49(35-39-58)60-25-9-13-29-66(60)76-82-72(51-18-6-3-7-19-51)80-74(84-76)57-23-15-21-53(43-57)55-37-41-64-68(45-55)70-62-27-11-10-26-61(62)69(64)67-44-54(36-40-63(67)70)52-20-14-22-56(42-52)73-79-71(50-16-4-2-5-17-50)81-75(83-73)65-28-12-8-24-59(65)48-32-30-47(46-77)31-33-48/h2-45,69-70H. The average molecular weight is 1070 g/mol. The number of hydrogen-bond donors (Lipinski definition) is 0. The van der Waals surface area contributed by atoms with Gasteiger partial charge in [0.2, 0.25) is 0 Å². The Hall–Kier alpha value is -11.6. The molecule has 0 spiro atoms. The van der Waals surface area contributed by atoms with Gasteiger partial charge in [0.1, 0.15) is 0 Å². The number of benzene rings is 11. The second-order valence-corrected chi connectivity index (χ2v) is 21.1. The van der Waals surface area contributed by atoms with Gasteiger partial charge in [0, 0.05) is 45.2 Å². The second-order valence-electron chi connectivity index (χ2n) is 21.1. The molecule has 2 heterocycles. The van der Waals surface area contributed by atoms with Crippen LogP contribution in [0.3, 0.4) is 0 Å². The summed E-state index contributed by atoms with van der Waals surface area (Å²) in [4.78, 5) is 34.5. The van der Waals surface area contributed by atoms with Gasteiger partial charge in [-0.1, -0.05) is 231 Å². The van der Waals surface area contributed by atoms with Crippen LogP contribution >= 0.6 is 0 Å². The Bertz CT molecular complexity index is 4510. The molecule has 0 saturated carbocycles. The molecule has 0 radical (unpaired) electrons. The fraction of sp³-hybridized carbons (Fsp3) is 0.0263. The summed E-state index contributed by atoms with van der Waals surface area (Å²) in [5.41, 5.74) is 22.7. The molecule has 2 unspecified atom stereocenters. The average Bonchev–Trinajstić information content (AvgIpc) is 1.11. The lowest BCUT2D eigenvalue weighted by Gasteiger charge is -2.42. The third-order valence-corrected chi connectivity index (χ3v) is 16.2. The third-order valence-electron chi connectivity index (χ3n) is 16.2. The van der Waals surface area contributed by atoms with E-state index in [1.54, 1.807) is 0 Å². The summed E-state index contributed by atoms with van der Waals surface area (Å²) in [6.45, 7) is 7.50. The van der Waals surface area contributed by atoms with Crippen molar-refractivity contribution < 1.29 is 0 Å². The Morgan fingerprint density at radius 2 is 0.607 bits per heavy atom. The van der Waals surface area contributed by atoms with E-state index >= 15 is 0 Å². The fourth-order valence-electron chi connectivity index (χ4n) is 12.2. The predicted molar refractivity (Wildman–Crippen MR) is 333 cm³/mol. The van der Waals surface area contributed by atoms with E-state index in [0.717, 1.165) is 77.9 Å². The summed E-state index contributed by atoms with van der Waals surface area (Å²) >= 11 is 0. The van der Waals surface area contributed by atoms with Crippen molar-refractivity contribution in [1.29, 1.82) is 5.26 Å². The van der Waals surface area contributed by atoms with Crippen LogP contribution in [-0.4, -0.2) is 29.9 Å². The highest BCUT2D eigenvalue weighted by Crippen LogP contribution is 2.57. The number of rotatable bonds is 10. The van der Waals surface area contributed by atoms with Crippen molar-refractivity contribution in [3.8, 4) is 119 Å². The zero-order valence-corrected chi connectivity index (χ0v) is 45.1. The van der Waals surface area contributed by atoms with E-state index in [1.165, 1.54) is 33.4 Å². The molecule has 8 heteroatoms. The molecule has 2 atom stereocenters. The van der Waals surface area contributed by atoms with Crippen LogP contribution in [0, 0.1) is 17.9 Å². The lowest BCUT2D eigenvalue weighted by Crippen LogP contribution is -2.27. The molecule has 16 rings (SSSR count). The van der Waals surface area contributed by atoms with Crippen molar-refractivity contribution >= 4 is 5.69 Å². The second kappa shape index (κ2) is 20.8. The molecule has 3 aliphatic carbocycles. The lowest BCUT2D eigenvalue weighted by atomic mass is 9.60. The first-order valence-electron chi connectivity index (χ1n) is 27.9. The molecule has 2 aromatic heterocycles. The fourth-order valence-corrected chi connectivity index (χ4v) is 12.2. The van der Waals surface area contributed by atoms with Crippen LogP contribution in [0.2, 0.25) is 0 Å². The Morgan fingerprint density at radius 1 is 0.274 bits per heavy atom. The third kappa shape index (κ3) is 8.89. The van der Waals surface area contributed by atoms with Gasteiger partial charge in [-0.05, 0) is 114 Å². The molecule has 84 heavy (non-hydrogen) atoms. The molecular formula is C76H46N8. The molecule has 11 aromatic carbocycles. The molecule has 13 aromatic rings. The first kappa shape index (κ1) is 49.5. The van der Waals surface area contributed by atoms with Crippen molar-refractivity contribution in [3.05, 3.63) is 317 Å². The topological polar surface area (TPSA) is 105 Å². The molecule has 3 aliphatic rings. The van der Waals surface area contributed by atoms with Crippen molar-refractivity contribution in [1.82, 2.24) is 29.9 Å². The quantitative estimate of drug-likeness (QED) is 0.126. The molecule has 2 bridgehead atoms. The molecular weight excluding hydrogens is 1020 g/mol. The van der Waals surface area contributed by atoms with Gasteiger partial charge in [-0.25, -0.2) is 34.7 Å². The minimum absolute atomic E-state index is 0.0453. The zero-order chi connectivity index (χ0) is 56.1. The van der Waals surface area contributed by atoms with Crippen LogP contribution in [0.5, 0.6) is 0 Å².